The second kappa shape index (κ2) is 8.33. The molecule has 0 bridgehead atoms. The van der Waals surface area contributed by atoms with E-state index in [1.807, 2.05) is 13.8 Å². The Kier molecular flexibility index (Phi) is 6.34. The zero-order chi connectivity index (χ0) is 22.6. The van der Waals surface area contributed by atoms with E-state index >= 15 is 0 Å². The summed E-state index contributed by atoms with van der Waals surface area (Å²) in [5, 5.41) is 19.5. The van der Waals surface area contributed by atoms with E-state index in [-0.39, 0.29) is 0 Å². The number of rotatable bonds is 6. The van der Waals surface area contributed by atoms with Crippen LogP contribution in [0, 0.1) is 52.3 Å². The van der Waals surface area contributed by atoms with E-state index in [9.17, 15) is 9.90 Å². The summed E-state index contributed by atoms with van der Waals surface area (Å²) in [6.45, 7) is 11.5. The van der Waals surface area contributed by atoms with E-state index in [1.54, 1.807) is 0 Å². The van der Waals surface area contributed by atoms with Gasteiger partial charge in [0.05, 0.1) is 5.60 Å². The van der Waals surface area contributed by atoms with Crippen LogP contribution in [0.3, 0.4) is 0 Å². The van der Waals surface area contributed by atoms with Gasteiger partial charge in [-0.25, -0.2) is 0 Å². The summed E-state index contributed by atoms with van der Waals surface area (Å²) in [6.07, 6.45) is 14.4. The molecule has 2 N–H and O–H groups in total. The molecule has 0 unspecified atom stereocenters. The van der Waals surface area contributed by atoms with Gasteiger partial charge in [-0.15, -0.1) is 0 Å². The number of carboxylic acid groups (broad SMARTS) is 1. The minimum Gasteiger partial charge on any atom is -0.481 e. The Balaban J connectivity index is 1.46. The van der Waals surface area contributed by atoms with Crippen LogP contribution in [0.4, 0.5) is 0 Å². The first-order chi connectivity index (χ1) is 14.4. The SMILES string of the molecule is C[C@H](CCC(=O)O)[C@H]1CC[C@H]2[C@@H]3CC[C@@H]4C[C@@H](CC(C)(C)O)CC[C@]4(C)[C@H]3CC[C@]12C. The minimum atomic E-state index is -0.637. The van der Waals surface area contributed by atoms with E-state index < -0.39 is 11.6 Å². The molecule has 0 saturated heterocycles. The van der Waals surface area contributed by atoms with Gasteiger partial charge in [0.1, 0.15) is 0 Å². The molecule has 4 rings (SSSR count). The highest BCUT2D eigenvalue weighted by molar-refractivity contribution is 5.66. The average Bonchev–Trinajstić information content (AvgIpc) is 3.02. The Bertz CT molecular complexity index is 666. The number of carbonyl (C=O) groups is 1. The third-order valence-electron chi connectivity index (χ3n) is 11.1. The van der Waals surface area contributed by atoms with Crippen LogP contribution in [0.2, 0.25) is 0 Å². The van der Waals surface area contributed by atoms with Crippen molar-refractivity contribution < 1.29 is 15.0 Å². The first-order valence-corrected chi connectivity index (χ1v) is 13.4. The summed E-state index contributed by atoms with van der Waals surface area (Å²) < 4.78 is 0. The van der Waals surface area contributed by atoms with E-state index in [0.29, 0.717) is 35.0 Å². The second-order valence-electron chi connectivity index (χ2n) is 13.5. The van der Waals surface area contributed by atoms with Crippen LogP contribution in [-0.2, 0) is 4.79 Å². The summed E-state index contributed by atoms with van der Waals surface area (Å²) in [5.41, 5.74) is 0.409. The molecule has 3 heteroatoms. The molecular formula is C28H48O3. The molecule has 4 fully saturated rings. The number of carboxylic acids is 1. The Labute approximate surface area is 190 Å². The van der Waals surface area contributed by atoms with Gasteiger partial charge in [-0.1, -0.05) is 20.8 Å². The van der Waals surface area contributed by atoms with Crippen LogP contribution in [0.1, 0.15) is 112 Å². The van der Waals surface area contributed by atoms with Crippen molar-refractivity contribution in [3.8, 4) is 0 Å². The average molecular weight is 433 g/mol. The Hall–Kier alpha value is -0.570. The fourth-order valence-corrected chi connectivity index (χ4v) is 9.77. The summed E-state index contributed by atoms with van der Waals surface area (Å²) in [4.78, 5) is 11.1. The summed E-state index contributed by atoms with van der Waals surface area (Å²) in [7, 11) is 0. The minimum absolute atomic E-state index is 0.329. The number of fused-ring (bicyclic) bond motifs is 5. The molecule has 3 nitrogen and oxygen atoms in total. The number of aliphatic hydroxyl groups is 1. The molecule has 4 aliphatic carbocycles. The summed E-state index contributed by atoms with van der Waals surface area (Å²) in [5.74, 6) is 4.80. The highest BCUT2D eigenvalue weighted by Gasteiger charge is 2.60. The quantitative estimate of drug-likeness (QED) is 0.479. The molecule has 4 saturated carbocycles. The van der Waals surface area contributed by atoms with Crippen molar-refractivity contribution in [2.45, 2.75) is 117 Å². The molecule has 0 amide bonds. The molecule has 31 heavy (non-hydrogen) atoms. The molecular weight excluding hydrogens is 384 g/mol. The predicted octanol–water partition coefficient (Wildman–Crippen LogP) is 6.92. The summed E-state index contributed by atoms with van der Waals surface area (Å²) >= 11 is 0. The first-order valence-electron chi connectivity index (χ1n) is 13.4. The van der Waals surface area contributed by atoms with Crippen molar-refractivity contribution in [3.63, 3.8) is 0 Å². The smallest absolute Gasteiger partial charge is 0.303 e. The molecule has 0 aromatic carbocycles. The molecule has 0 aromatic rings. The van der Waals surface area contributed by atoms with Crippen LogP contribution in [0.25, 0.3) is 0 Å². The zero-order valence-corrected chi connectivity index (χ0v) is 20.8. The fourth-order valence-electron chi connectivity index (χ4n) is 9.77. The van der Waals surface area contributed by atoms with Crippen molar-refractivity contribution >= 4 is 5.97 Å². The van der Waals surface area contributed by atoms with Crippen LogP contribution in [0.15, 0.2) is 0 Å². The van der Waals surface area contributed by atoms with Gasteiger partial charge >= 0.3 is 5.97 Å². The van der Waals surface area contributed by atoms with Crippen molar-refractivity contribution in [2.24, 2.45) is 52.3 Å². The first kappa shape index (κ1) is 23.6. The number of aliphatic carboxylic acids is 1. The standard InChI is InChI=1S/C28H48O3/c1-18(6-11-25(29)30)22-9-10-23-21-8-7-20-16-19(17-26(2,3)31)12-14-27(20,4)24(21)13-15-28(22,23)5/h18-24,31H,6-17H2,1-5H3,(H,29,30)/t18-,19+,20-,21+,22-,23+,24+,27+,28-/m1/s1. The van der Waals surface area contributed by atoms with Gasteiger partial charge in [-0.05, 0) is 137 Å². The maximum absolute atomic E-state index is 11.1. The van der Waals surface area contributed by atoms with Crippen LogP contribution < -0.4 is 0 Å². The fraction of sp³-hybridized carbons (Fsp3) is 0.964. The number of hydrogen-bond acceptors (Lipinski definition) is 2. The van der Waals surface area contributed by atoms with Gasteiger partial charge in [0.25, 0.3) is 0 Å². The van der Waals surface area contributed by atoms with Crippen molar-refractivity contribution in [3.05, 3.63) is 0 Å². The third-order valence-corrected chi connectivity index (χ3v) is 11.1. The molecule has 0 aliphatic heterocycles. The number of hydrogen-bond donors (Lipinski definition) is 2. The largest absolute Gasteiger partial charge is 0.481 e. The van der Waals surface area contributed by atoms with E-state index in [1.165, 1.54) is 57.8 Å². The highest BCUT2D eigenvalue weighted by atomic mass is 16.4. The lowest BCUT2D eigenvalue weighted by Gasteiger charge is -2.61. The van der Waals surface area contributed by atoms with Crippen LogP contribution in [-0.4, -0.2) is 21.8 Å². The summed E-state index contributed by atoms with van der Waals surface area (Å²) in [6, 6.07) is 0. The van der Waals surface area contributed by atoms with Gasteiger partial charge in [-0.3, -0.25) is 4.79 Å². The maximum Gasteiger partial charge on any atom is 0.303 e. The lowest BCUT2D eigenvalue weighted by molar-refractivity contribution is -0.138. The predicted molar refractivity (Wildman–Crippen MR) is 126 cm³/mol. The van der Waals surface area contributed by atoms with Gasteiger partial charge in [0.15, 0.2) is 0 Å². The molecule has 0 radical (unpaired) electrons. The lowest BCUT2D eigenvalue weighted by atomic mass is 9.43. The van der Waals surface area contributed by atoms with Crippen molar-refractivity contribution in [1.29, 1.82) is 0 Å². The molecule has 0 aromatic heterocycles. The molecule has 0 spiro atoms. The highest BCUT2D eigenvalue weighted by Crippen LogP contribution is 2.68. The maximum atomic E-state index is 11.1. The second-order valence-corrected chi connectivity index (χ2v) is 13.5. The Morgan fingerprint density at radius 1 is 1.00 bits per heavy atom. The van der Waals surface area contributed by atoms with Gasteiger partial charge in [0, 0.05) is 6.42 Å². The lowest BCUT2D eigenvalue weighted by Crippen LogP contribution is -2.54. The van der Waals surface area contributed by atoms with Crippen molar-refractivity contribution in [2.75, 3.05) is 0 Å². The monoisotopic (exact) mass is 432 g/mol. The van der Waals surface area contributed by atoms with E-state index in [2.05, 4.69) is 20.8 Å². The molecule has 4 aliphatic rings. The van der Waals surface area contributed by atoms with E-state index in [4.69, 9.17) is 5.11 Å². The third kappa shape index (κ3) is 4.34. The van der Waals surface area contributed by atoms with E-state index in [0.717, 1.165) is 36.5 Å². The Morgan fingerprint density at radius 2 is 1.68 bits per heavy atom. The molecule has 9 atom stereocenters. The van der Waals surface area contributed by atoms with Crippen LogP contribution in [0.5, 0.6) is 0 Å². The normalized spacial score (nSPS) is 46.0. The van der Waals surface area contributed by atoms with Gasteiger partial charge < -0.3 is 10.2 Å². The molecule has 0 heterocycles. The van der Waals surface area contributed by atoms with Crippen molar-refractivity contribution in [1.82, 2.24) is 0 Å². The Morgan fingerprint density at radius 3 is 2.35 bits per heavy atom. The van der Waals surface area contributed by atoms with Gasteiger partial charge in [-0.2, -0.15) is 0 Å². The molecule has 178 valence electrons. The van der Waals surface area contributed by atoms with Crippen LogP contribution >= 0.6 is 0 Å². The van der Waals surface area contributed by atoms with Gasteiger partial charge in [0.2, 0.25) is 0 Å². The topological polar surface area (TPSA) is 57.5 Å². The zero-order valence-electron chi connectivity index (χ0n) is 20.8.